The molecule has 0 saturated carbocycles. The minimum atomic E-state index is -0.385. The predicted molar refractivity (Wildman–Crippen MR) is 149 cm³/mol. The molecular weight excluding hydrogens is 494 g/mol. The zero-order valence-corrected chi connectivity index (χ0v) is 21.4. The number of rotatable bonds is 6. The Balaban J connectivity index is 1.25. The molecule has 0 bridgehead atoms. The summed E-state index contributed by atoms with van der Waals surface area (Å²) in [6.45, 7) is 5.48. The van der Waals surface area contributed by atoms with Crippen LogP contribution in [0.5, 0.6) is 11.5 Å². The lowest BCUT2D eigenvalue weighted by Gasteiger charge is -2.24. The third-order valence-corrected chi connectivity index (χ3v) is 6.07. The number of hydrogen-bond donors (Lipinski definition) is 2. The SMILES string of the molecule is Cc1ccnc(NC(=O)c2ccc(Oc3ccnc4ccc(NC(=O)C#CCN5CCOCC5)cc34)cc2)c1. The van der Waals surface area contributed by atoms with E-state index in [4.69, 9.17) is 9.47 Å². The molecule has 0 aliphatic carbocycles. The van der Waals surface area contributed by atoms with E-state index in [-0.39, 0.29) is 11.8 Å². The van der Waals surface area contributed by atoms with E-state index in [0.29, 0.717) is 53.8 Å². The van der Waals surface area contributed by atoms with Crippen LogP contribution in [0.2, 0.25) is 0 Å². The maximum absolute atomic E-state index is 12.6. The molecule has 0 unspecified atom stereocenters. The molecule has 1 saturated heterocycles. The van der Waals surface area contributed by atoms with Crippen LogP contribution in [0.25, 0.3) is 10.9 Å². The Hall–Kier alpha value is -4.78. The first-order valence-corrected chi connectivity index (χ1v) is 12.5. The monoisotopic (exact) mass is 521 g/mol. The Morgan fingerprint density at radius 3 is 2.56 bits per heavy atom. The minimum Gasteiger partial charge on any atom is -0.457 e. The molecule has 3 heterocycles. The van der Waals surface area contributed by atoms with Gasteiger partial charge in [0.1, 0.15) is 17.3 Å². The summed E-state index contributed by atoms with van der Waals surface area (Å²) in [6, 6.07) is 17.6. The second-order valence-corrected chi connectivity index (χ2v) is 8.98. The highest BCUT2D eigenvalue weighted by molar-refractivity contribution is 6.05. The number of carbonyl (C=O) groups is 2. The Morgan fingerprint density at radius 2 is 1.77 bits per heavy atom. The lowest BCUT2D eigenvalue weighted by molar-refractivity contribution is -0.111. The van der Waals surface area contributed by atoms with E-state index in [9.17, 15) is 9.59 Å². The van der Waals surface area contributed by atoms with Crippen LogP contribution in [0.3, 0.4) is 0 Å². The molecule has 5 rings (SSSR count). The third kappa shape index (κ3) is 6.96. The fraction of sp³-hybridized carbons (Fsp3) is 0.200. The Kier molecular flexibility index (Phi) is 8.07. The van der Waals surface area contributed by atoms with Gasteiger partial charge in [-0.15, -0.1) is 0 Å². The fourth-order valence-electron chi connectivity index (χ4n) is 4.04. The van der Waals surface area contributed by atoms with E-state index in [1.54, 1.807) is 60.9 Å². The molecule has 9 heteroatoms. The second-order valence-electron chi connectivity index (χ2n) is 8.98. The van der Waals surface area contributed by atoms with E-state index < -0.39 is 0 Å². The highest BCUT2D eigenvalue weighted by Crippen LogP contribution is 2.31. The number of hydrogen-bond acceptors (Lipinski definition) is 7. The summed E-state index contributed by atoms with van der Waals surface area (Å²) in [7, 11) is 0. The van der Waals surface area contributed by atoms with Gasteiger partial charge in [-0.1, -0.05) is 5.92 Å². The molecule has 1 aliphatic rings. The highest BCUT2D eigenvalue weighted by Gasteiger charge is 2.11. The van der Waals surface area contributed by atoms with Gasteiger partial charge in [-0.2, -0.15) is 0 Å². The summed E-state index contributed by atoms with van der Waals surface area (Å²) in [6.07, 6.45) is 3.31. The number of fused-ring (bicyclic) bond motifs is 1. The van der Waals surface area contributed by atoms with Crippen LogP contribution >= 0.6 is 0 Å². The molecule has 9 nitrogen and oxygen atoms in total. The number of anilines is 2. The standard InChI is InChI=1S/C30H27N5O4/c1-21-10-12-32-28(19-21)34-30(37)22-4-7-24(8-5-22)39-27-11-13-31-26-9-6-23(20-25(26)27)33-29(36)3-2-14-35-15-17-38-18-16-35/h4-13,19-20H,14-18H2,1H3,(H,33,36)(H,32,34,37). The lowest BCUT2D eigenvalue weighted by atomic mass is 10.1. The molecule has 1 aliphatic heterocycles. The molecule has 196 valence electrons. The molecule has 4 aromatic rings. The van der Waals surface area contributed by atoms with Crippen molar-refractivity contribution in [1.82, 2.24) is 14.9 Å². The van der Waals surface area contributed by atoms with Crippen LogP contribution in [-0.4, -0.2) is 59.5 Å². The van der Waals surface area contributed by atoms with Gasteiger partial charge in [0.25, 0.3) is 11.8 Å². The van der Waals surface area contributed by atoms with Crippen LogP contribution < -0.4 is 15.4 Å². The van der Waals surface area contributed by atoms with Crippen LogP contribution in [0.4, 0.5) is 11.5 Å². The molecule has 0 radical (unpaired) electrons. The van der Waals surface area contributed by atoms with Crippen molar-refractivity contribution in [1.29, 1.82) is 0 Å². The van der Waals surface area contributed by atoms with Gasteiger partial charge >= 0.3 is 0 Å². The van der Waals surface area contributed by atoms with E-state index in [1.165, 1.54) is 0 Å². The highest BCUT2D eigenvalue weighted by atomic mass is 16.5. The number of morpholine rings is 1. The molecule has 0 atom stereocenters. The summed E-state index contributed by atoms with van der Waals surface area (Å²) in [5.41, 5.74) is 2.78. The van der Waals surface area contributed by atoms with Gasteiger partial charge in [0, 0.05) is 42.1 Å². The van der Waals surface area contributed by atoms with Crippen LogP contribution in [-0.2, 0) is 9.53 Å². The minimum absolute atomic E-state index is 0.262. The van der Waals surface area contributed by atoms with Gasteiger partial charge in [0.15, 0.2) is 0 Å². The Morgan fingerprint density at radius 1 is 0.974 bits per heavy atom. The maximum Gasteiger partial charge on any atom is 0.300 e. The first kappa shape index (κ1) is 25.9. The lowest BCUT2D eigenvalue weighted by Crippen LogP contribution is -2.36. The first-order valence-electron chi connectivity index (χ1n) is 12.5. The number of ether oxygens (including phenoxy) is 2. The summed E-state index contributed by atoms with van der Waals surface area (Å²) < 4.78 is 11.4. The van der Waals surface area contributed by atoms with Crippen molar-refractivity contribution in [2.24, 2.45) is 0 Å². The average molecular weight is 522 g/mol. The van der Waals surface area contributed by atoms with Crippen LogP contribution in [0.15, 0.2) is 73.1 Å². The zero-order chi connectivity index (χ0) is 27.0. The molecule has 39 heavy (non-hydrogen) atoms. The van der Waals surface area contributed by atoms with Gasteiger partial charge in [-0.3, -0.25) is 19.5 Å². The van der Waals surface area contributed by atoms with Crippen molar-refractivity contribution in [3.63, 3.8) is 0 Å². The largest absolute Gasteiger partial charge is 0.457 e. The Labute approximate surface area is 226 Å². The predicted octanol–water partition coefficient (Wildman–Crippen LogP) is 4.26. The van der Waals surface area contributed by atoms with Crippen LogP contribution in [0, 0.1) is 18.8 Å². The van der Waals surface area contributed by atoms with Gasteiger partial charge in [0.05, 0.1) is 25.3 Å². The topological polar surface area (TPSA) is 106 Å². The third-order valence-electron chi connectivity index (χ3n) is 6.07. The molecule has 2 aromatic carbocycles. The van der Waals surface area contributed by atoms with Gasteiger partial charge < -0.3 is 20.1 Å². The first-order chi connectivity index (χ1) is 19.0. The molecule has 2 aromatic heterocycles. The van der Waals surface area contributed by atoms with E-state index in [2.05, 4.69) is 37.3 Å². The summed E-state index contributed by atoms with van der Waals surface area (Å²) in [5, 5.41) is 6.34. The van der Waals surface area contributed by atoms with Crippen LogP contribution in [0.1, 0.15) is 15.9 Å². The number of amides is 2. The van der Waals surface area contributed by atoms with E-state index in [0.717, 1.165) is 24.0 Å². The summed E-state index contributed by atoms with van der Waals surface area (Å²) >= 11 is 0. The van der Waals surface area contributed by atoms with Gasteiger partial charge in [0.2, 0.25) is 0 Å². The average Bonchev–Trinajstić information content (AvgIpc) is 2.94. The summed E-state index contributed by atoms with van der Waals surface area (Å²) in [4.78, 5) is 35.7. The second kappa shape index (κ2) is 12.2. The number of pyridine rings is 2. The molecule has 0 spiro atoms. The number of aryl methyl sites for hydroxylation is 1. The Bertz CT molecular complexity index is 1550. The maximum atomic E-state index is 12.6. The molecular formula is C30H27N5O4. The van der Waals surface area contributed by atoms with Gasteiger partial charge in [-0.05, 0) is 79.1 Å². The smallest absolute Gasteiger partial charge is 0.300 e. The van der Waals surface area contributed by atoms with Crippen molar-refractivity contribution >= 4 is 34.2 Å². The number of aromatic nitrogens is 2. The molecule has 1 fully saturated rings. The quantitative estimate of drug-likeness (QED) is 0.365. The number of nitrogens with one attached hydrogen (secondary N) is 2. The van der Waals surface area contributed by atoms with Crippen molar-refractivity contribution in [3.05, 3.63) is 84.2 Å². The molecule has 2 amide bonds. The van der Waals surface area contributed by atoms with Crippen molar-refractivity contribution in [3.8, 4) is 23.3 Å². The van der Waals surface area contributed by atoms with Crippen molar-refractivity contribution < 1.29 is 19.1 Å². The van der Waals surface area contributed by atoms with Crippen molar-refractivity contribution in [2.45, 2.75) is 6.92 Å². The number of nitrogens with zero attached hydrogens (tertiary/aromatic N) is 3. The number of benzene rings is 2. The zero-order valence-electron chi connectivity index (χ0n) is 21.4. The molecule has 2 N–H and O–H groups in total. The fourth-order valence-corrected chi connectivity index (χ4v) is 4.04. The van der Waals surface area contributed by atoms with Gasteiger partial charge in [-0.25, -0.2) is 4.98 Å². The van der Waals surface area contributed by atoms with Crippen molar-refractivity contribution in [2.75, 3.05) is 43.5 Å². The normalized spacial score (nSPS) is 13.3. The van der Waals surface area contributed by atoms with E-state index in [1.807, 2.05) is 19.1 Å². The number of carbonyl (C=O) groups excluding carboxylic acids is 2. The summed E-state index contributed by atoms with van der Waals surface area (Å²) in [5.74, 6) is 6.54. The van der Waals surface area contributed by atoms with E-state index >= 15 is 0 Å².